The number of hydrogen-bond acceptors (Lipinski definition) is 10. The van der Waals surface area contributed by atoms with Crippen molar-refractivity contribution in [3.8, 4) is 17.1 Å². The van der Waals surface area contributed by atoms with Crippen LogP contribution in [0.5, 0.6) is 5.75 Å². The summed E-state index contributed by atoms with van der Waals surface area (Å²) in [4.78, 5) is 17.4. The van der Waals surface area contributed by atoms with Gasteiger partial charge in [0.15, 0.2) is 0 Å². The van der Waals surface area contributed by atoms with E-state index in [1.807, 2.05) is 31.2 Å². The zero-order valence-corrected chi connectivity index (χ0v) is 25.1. The van der Waals surface area contributed by atoms with E-state index >= 15 is 0 Å². The van der Waals surface area contributed by atoms with Crippen LogP contribution in [0.1, 0.15) is 26.5 Å². The quantitative estimate of drug-likeness (QED) is 0.277. The fourth-order valence-electron chi connectivity index (χ4n) is 5.30. The van der Waals surface area contributed by atoms with Gasteiger partial charge < -0.3 is 0 Å². The zero-order valence-electron chi connectivity index (χ0n) is 23.5. The molecule has 5 heterocycles. The number of nitrogens with zero attached hydrogens (tertiary/aromatic N) is 5. The number of aromatic nitrogens is 4. The van der Waals surface area contributed by atoms with Gasteiger partial charge in [-0.1, -0.05) is 0 Å². The van der Waals surface area contributed by atoms with Crippen molar-refractivity contribution in [1.82, 2.24) is 18.9 Å². The molecule has 3 aromatic heterocycles. The van der Waals surface area contributed by atoms with Gasteiger partial charge in [0.05, 0.1) is 0 Å². The zero-order chi connectivity index (χ0) is 29.1. The number of ether oxygens (including phenoxy) is 2. The van der Waals surface area contributed by atoms with Crippen molar-refractivity contribution in [2.45, 2.75) is 42.5 Å². The first-order valence-corrected chi connectivity index (χ1v) is 16.3. The second-order valence-corrected chi connectivity index (χ2v) is 14.8. The van der Waals surface area contributed by atoms with Crippen molar-refractivity contribution in [2.75, 3.05) is 43.3 Å². The molecule has 1 fully saturated rings. The fraction of sp³-hybridized carbons (Fsp3) is 0.393. The summed E-state index contributed by atoms with van der Waals surface area (Å²) in [5, 5.41) is 3.85. The Morgan fingerprint density at radius 2 is 1.88 bits per heavy atom. The molecule has 2 atom stereocenters. The summed E-state index contributed by atoms with van der Waals surface area (Å²) in [6.07, 6.45) is 4.58. The molecule has 13 heteroatoms. The number of hydrogen-bond donors (Lipinski definition) is 1. The van der Waals surface area contributed by atoms with Crippen molar-refractivity contribution in [3.63, 3.8) is 0 Å². The van der Waals surface area contributed by atoms with Gasteiger partial charge >= 0.3 is 242 Å². The Bertz CT molecular complexity index is 1830. The van der Waals surface area contributed by atoms with E-state index in [-0.39, 0.29) is 17.8 Å². The molecule has 2 aliphatic rings. The number of nitrogens with one attached hydrogen (secondary N) is 1. The summed E-state index contributed by atoms with van der Waals surface area (Å²) >= 11 is 0. The molecule has 1 N–H and O–H groups in total. The van der Waals surface area contributed by atoms with Crippen molar-refractivity contribution in [1.29, 1.82) is 0 Å². The number of anilines is 2. The van der Waals surface area contributed by atoms with E-state index < -0.39 is 25.4 Å². The summed E-state index contributed by atoms with van der Waals surface area (Å²) in [7, 11) is -3.37. The van der Waals surface area contributed by atoms with Gasteiger partial charge in [-0.2, -0.15) is 0 Å². The standard InChI is InChI=1S/C28H32N6O5S2/c1-17-14-38-15-18-16-39-23-24(28(2,3)41(5,36)37)31-25(32-27(23)34(17)18)22-20-11-12-33(26(20)30-13-21(22)29-4)40(35)19-9-7-6-8-10-19/h6-13,17-18,29H,14-16H2,1-5H3. The molecule has 4 aromatic rings. The van der Waals surface area contributed by atoms with Crippen molar-refractivity contribution >= 4 is 43.2 Å². The van der Waals surface area contributed by atoms with Gasteiger partial charge in [-0.15, -0.1) is 0 Å². The maximum absolute atomic E-state index is 13.5. The van der Waals surface area contributed by atoms with E-state index in [4.69, 9.17) is 19.4 Å². The summed E-state index contributed by atoms with van der Waals surface area (Å²) in [5.74, 6) is 1.22. The molecule has 0 spiro atoms. The van der Waals surface area contributed by atoms with Gasteiger partial charge in [0, 0.05) is 0 Å². The molecular formula is C28H32N6O5S2. The first kappa shape index (κ1) is 27.8. The van der Waals surface area contributed by atoms with Crippen LogP contribution in [0.15, 0.2) is 53.7 Å². The number of rotatable bonds is 4. The normalized spacial score (nSPS) is 19.1. The average Bonchev–Trinajstić information content (AvgIpc) is 3.39. The molecule has 1 aromatic carbocycles. The van der Waals surface area contributed by atoms with Gasteiger partial charge in [0.2, 0.25) is 0 Å². The predicted molar refractivity (Wildman–Crippen MR) is 158 cm³/mol. The van der Waals surface area contributed by atoms with Crippen LogP contribution < -0.4 is 15.0 Å². The molecule has 0 amide bonds. The van der Waals surface area contributed by atoms with Crippen LogP contribution in [0, 0.1) is 0 Å². The Labute approximate surface area is 241 Å². The van der Waals surface area contributed by atoms with Crippen LogP contribution in [-0.4, -0.2) is 72.5 Å². The Hall–Kier alpha value is -3.39. The number of benzene rings is 1. The van der Waals surface area contributed by atoms with Gasteiger partial charge in [-0.05, 0) is 0 Å². The predicted octanol–water partition coefficient (Wildman–Crippen LogP) is 3.59. The minimum absolute atomic E-state index is 0.0102. The molecule has 0 bridgehead atoms. The van der Waals surface area contributed by atoms with Gasteiger partial charge in [-0.25, -0.2) is 0 Å². The topological polar surface area (TPSA) is 131 Å². The minimum atomic E-state index is -3.61. The molecule has 1 saturated heterocycles. The fourth-order valence-corrected chi connectivity index (χ4v) is 6.89. The Morgan fingerprint density at radius 3 is 2.59 bits per heavy atom. The molecule has 216 valence electrons. The summed E-state index contributed by atoms with van der Waals surface area (Å²) < 4.78 is 51.8. The first-order chi connectivity index (χ1) is 19.5. The van der Waals surface area contributed by atoms with Gasteiger partial charge in [-0.3, -0.25) is 0 Å². The molecule has 0 radical (unpaired) electrons. The van der Waals surface area contributed by atoms with E-state index in [2.05, 4.69) is 15.2 Å². The van der Waals surface area contributed by atoms with Crippen LogP contribution in [0.25, 0.3) is 22.4 Å². The van der Waals surface area contributed by atoms with E-state index in [0.29, 0.717) is 64.4 Å². The first-order valence-electron chi connectivity index (χ1n) is 13.3. The van der Waals surface area contributed by atoms with Crippen LogP contribution in [-0.2, 0) is 34.2 Å². The van der Waals surface area contributed by atoms with Crippen molar-refractivity contribution < 1.29 is 21.9 Å². The summed E-state index contributed by atoms with van der Waals surface area (Å²) in [6, 6.07) is 10.9. The maximum atomic E-state index is 13.5. The molecule has 6 rings (SSSR count). The van der Waals surface area contributed by atoms with E-state index in [1.165, 1.54) is 6.26 Å². The monoisotopic (exact) mass is 596 g/mol. The van der Waals surface area contributed by atoms with E-state index in [1.54, 1.807) is 49.4 Å². The van der Waals surface area contributed by atoms with Crippen molar-refractivity contribution in [2.24, 2.45) is 0 Å². The summed E-state index contributed by atoms with van der Waals surface area (Å²) in [6.45, 7) is 6.63. The molecule has 41 heavy (non-hydrogen) atoms. The van der Waals surface area contributed by atoms with Crippen LogP contribution in [0.3, 0.4) is 0 Å². The van der Waals surface area contributed by atoms with Crippen LogP contribution in [0.4, 0.5) is 11.5 Å². The van der Waals surface area contributed by atoms with Gasteiger partial charge in [0.1, 0.15) is 0 Å². The molecular weight excluding hydrogens is 564 g/mol. The van der Waals surface area contributed by atoms with Crippen molar-refractivity contribution in [3.05, 3.63) is 54.5 Å². The SMILES string of the molecule is CNc1cnc2c(ccn2[S-](#[O+])c2ccccc2)c1-c1nc2c(c(C(C)(C)S(C)(=O)=O)n1)OCC1COCC(C)N21. The van der Waals surface area contributed by atoms with E-state index in [9.17, 15) is 12.5 Å². The molecule has 2 aliphatic heterocycles. The number of fused-ring (bicyclic) bond motifs is 4. The Kier molecular flexibility index (Phi) is 6.88. The Morgan fingerprint density at radius 1 is 1.12 bits per heavy atom. The Balaban J connectivity index is 1.62. The third kappa shape index (κ3) is 4.51. The van der Waals surface area contributed by atoms with Crippen LogP contribution >= 0.6 is 0 Å². The van der Waals surface area contributed by atoms with Gasteiger partial charge in [0.25, 0.3) is 0 Å². The number of pyridine rings is 1. The number of morpholine rings is 1. The van der Waals surface area contributed by atoms with Crippen LogP contribution in [0.2, 0.25) is 0 Å². The number of sulfone groups is 1. The molecule has 0 aliphatic carbocycles. The second-order valence-electron chi connectivity index (χ2n) is 10.8. The third-order valence-corrected chi connectivity index (χ3v) is 11.2. The molecule has 2 unspecified atom stereocenters. The third-order valence-electron chi connectivity index (χ3n) is 7.84. The second kappa shape index (κ2) is 10.2. The van der Waals surface area contributed by atoms with E-state index in [0.717, 1.165) is 0 Å². The average molecular weight is 597 g/mol. The molecule has 11 nitrogen and oxygen atoms in total. The molecule has 0 saturated carbocycles. The summed E-state index contributed by atoms with van der Waals surface area (Å²) in [5.41, 5.74) is 2.04.